The summed E-state index contributed by atoms with van der Waals surface area (Å²) in [6.07, 6.45) is 10.4. The van der Waals surface area contributed by atoms with Gasteiger partial charge in [-0.2, -0.15) is 5.26 Å². The summed E-state index contributed by atoms with van der Waals surface area (Å²) in [7, 11) is 0. The van der Waals surface area contributed by atoms with Crippen molar-refractivity contribution >= 4 is 38.4 Å². The first-order valence-corrected chi connectivity index (χ1v) is 16.1. The van der Waals surface area contributed by atoms with Crippen LogP contribution < -0.4 is 4.90 Å². The van der Waals surface area contributed by atoms with Gasteiger partial charge >= 0.3 is 0 Å². The summed E-state index contributed by atoms with van der Waals surface area (Å²) in [5.74, 6) is 0.504. The number of para-hydroxylation sites is 1. The van der Waals surface area contributed by atoms with Crippen molar-refractivity contribution in [3.8, 4) is 6.07 Å². The van der Waals surface area contributed by atoms with Crippen LogP contribution >= 0.6 is 11.3 Å². The van der Waals surface area contributed by atoms with Gasteiger partial charge in [0.2, 0.25) is 0 Å². The van der Waals surface area contributed by atoms with Crippen molar-refractivity contribution < 1.29 is 0 Å². The molecule has 3 aromatic rings. The third kappa shape index (κ3) is 4.31. The summed E-state index contributed by atoms with van der Waals surface area (Å²) in [4.78, 5) is 7.52. The van der Waals surface area contributed by atoms with E-state index in [9.17, 15) is 5.26 Å². The van der Waals surface area contributed by atoms with Gasteiger partial charge in [-0.25, -0.2) is 4.98 Å². The minimum atomic E-state index is 0.0898. The van der Waals surface area contributed by atoms with E-state index in [4.69, 9.17) is 4.98 Å². The highest BCUT2D eigenvalue weighted by molar-refractivity contribution is 7.19. The van der Waals surface area contributed by atoms with Gasteiger partial charge < -0.3 is 4.90 Å². The first kappa shape index (κ1) is 26.7. The highest BCUT2D eigenvalue weighted by Gasteiger charge is 2.42. The quantitative estimate of drug-likeness (QED) is 0.294. The lowest BCUT2D eigenvalue weighted by Gasteiger charge is -2.48. The number of nitriles is 1. The summed E-state index contributed by atoms with van der Waals surface area (Å²) < 4.78 is 1.14. The van der Waals surface area contributed by atoms with E-state index in [2.05, 4.69) is 82.9 Å². The van der Waals surface area contributed by atoms with E-state index >= 15 is 0 Å². The van der Waals surface area contributed by atoms with E-state index in [1.807, 2.05) is 18.2 Å². The minimum absolute atomic E-state index is 0.0898. The fourth-order valence-corrected chi connectivity index (χ4v) is 8.94. The van der Waals surface area contributed by atoms with Crippen molar-refractivity contribution in [3.05, 3.63) is 81.4 Å². The zero-order valence-electron chi connectivity index (χ0n) is 25.4. The molecular formula is C37H41N3S. The number of thiazole rings is 1. The summed E-state index contributed by atoms with van der Waals surface area (Å²) in [5, 5.41) is 11.2. The lowest BCUT2D eigenvalue weighted by Crippen LogP contribution is -2.44. The fourth-order valence-electron chi connectivity index (χ4n) is 7.94. The van der Waals surface area contributed by atoms with Gasteiger partial charge in [0.25, 0.3) is 0 Å². The molecule has 0 saturated carbocycles. The number of anilines is 1. The highest BCUT2D eigenvalue weighted by Crippen LogP contribution is 2.53. The molecule has 0 amide bonds. The summed E-state index contributed by atoms with van der Waals surface area (Å²) in [5.41, 5.74) is 12.2. The maximum absolute atomic E-state index is 10.4. The predicted octanol–water partition coefficient (Wildman–Crippen LogP) is 9.59. The van der Waals surface area contributed by atoms with Crippen LogP contribution in [0.25, 0.3) is 21.4 Å². The van der Waals surface area contributed by atoms with Crippen LogP contribution in [0.3, 0.4) is 0 Å². The zero-order chi connectivity index (χ0) is 28.7. The maximum atomic E-state index is 10.4. The summed E-state index contributed by atoms with van der Waals surface area (Å²) in [6.45, 7) is 16.9. The molecule has 1 aromatic heterocycles. The molecule has 41 heavy (non-hydrogen) atoms. The molecule has 0 saturated heterocycles. The topological polar surface area (TPSA) is 39.9 Å². The van der Waals surface area contributed by atoms with Gasteiger partial charge in [0, 0.05) is 18.8 Å². The molecule has 2 aliphatic heterocycles. The minimum Gasteiger partial charge on any atom is -0.371 e. The smallest absolute Gasteiger partial charge is 0.135 e. The first-order chi connectivity index (χ1) is 19.5. The second-order valence-electron chi connectivity index (χ2n) is 14.7. The van der Waals surface area contributed by atoms with Gasteiger partial charge in [0.15, 0.2) is 0 Å². The maximum Gasteiger partial charge on any atom is 0.135 e. The SMILES string of the molecule is CC1(C)CCN2CCC(C)(C)c3cc(C4=CC5=C/C(=C(\C#N)c6nc7ccccc7s6)CC(C)(C)C5CC4)cc1c32. The van der Waals surface area contributed by atoms with Crippen molar-refractivity contribution in [2.45, 2.75) is 84.5 Å². The Morgan fingerprint density at radius 3 is 2.32 bits per heavy atom. The van der Waals surface area contributed by atoms with E-state index in [0.29, 0.717) is 5.92 Å². The normalized spacial score (nSPS) is 25.0. The zero-order valence-corrected chi connectivity index (χ0v) is 26.2. The van der Waals surface area contributed by atoms with Crippen molar-refractivity contribution in [3.63, 3.8) is 0 Å². The Kier molecular flexibility index (Phi) is 5.98. The second-order valence-corrected chi connectivity index (χ2v) is 15.8. The third-order valence-corrected chi connectivity index (χ3v) is 11.6. The van der Waals surface area contributed by atoms with Gasteiger partial charge in [-0.15, -0.1) is 11.3 Å². The molecule has 4 heteroatoms. The predicted molar refractivity (Wildman–Crippen MR) is 173 cm³/mol. The van der Waals surface area contributed by atoms with E-state index in [1.165, 1.54) is 59.5 Å². The molecule has 1 unspecified atom stereocenters. The Balaban J connectivity index is 1.36. The van der Waals surface area contributed by atoms with Crippen molar-refractivity contribution in [1.29, 1.82) is 5.26 Å². The van der Waals surface area contributed by atoms with Crippen LogP contribution in [0.1, 0.15) is 95.3 Å². The Bertz CT molecular complexity index is 1640. The number of fused-ring (bicyclic) bond motifs is 2. The van der Waals surface area contributed by atoms with Crippen LogP contribution in [-0.2, 0) is 10.8 Å². The largest absolute Gasteiger partial charge is 0.371 e. The molecule has 0 N–H and O–H groups in total. The molecule has 4 aliphatic rings. The molecule has 0 radical (unpaired) electrons. The van der Waals surface area contributed by atoms with Gasteiger partial charge in [0.05, 0.1) is 15.8 Å². The molecule has 0 bridgehead atoms. The standard InChI is InChI=1S/C37H41N3S/c1-35(2)13-15-40-16-14-36(3,4)30-20-24(19-29(35)33(30)40)23-11-12-28-25(17-23)18-26(21-37(28,5)6)27(22-38)34-39-31-9-7-8-10-32(31)41-34/h7-10,17-20,28H,11-16,21H2,1-6H3/b27-26-. The second kappa shape index (κ2) is 9.17. The lowest BCUT2D eigenvalue weighted by atomic mass is 9.62. The molecule has 1 atom stereocenters. The molecular weight excluding hydrogens is 518 g/mol. The van der Waals surface area contributed by atoms with Crippen LogP contribution in [0, 0.1) is 22.7 Å². The van der Waals surface area contributed by atoms with Gasteiger partial charge in [-0.1, -0.05) is 65.8 Å². The third-order valence-electron chi connectivity index (χ3n) is 10.6. The molecule has 0 spiro atoms. The Hall–Kier alpha value is -3.16. The van der Waals surface area contributed by atoms with Crippen molar-refractivity contribution in [1.82, 2.24) is 4.98 Å². The number of hydrogen-bond donors (Lipinski definition) is 0. The summed E-state index contributed by atoms with van der Waals surface area (Å²) >= 11 is 1.63. The Morgan fingerprint density at radius 1 is 0.976 bits per heavy atom. The van der Waals surface area contributed by atoms with E-state index in [-0.39, 0.29) is 16.2 Å². The molecule has 210 valence electrons. The number of aromatic nitrogens is 1. The van der Waals surface area contributed by atoms with Crippen LogP contribution in [0.15, 0.2) is 59.7 Å². The van der Waals surface area contributed by atoms with Gasteiger partial charge in [-0.05, 0) is 112 Å². The monoisotopic (exact) mass is 559 g/mol. The number of nitrogens with zero attached hydrogens (tertiary/aromatic N) is 3. The number of rotatable bonds is 2. The lowest BCUT2D eigenvalue weighted by molar-refractivity contribution is 0.228. The van der Waals surface area contributed by atoms with Gasteiger partial charge in [0.1, 0.15) is 11.1 Å². The van der Waals surface area contributed by atoms with E-state index in [0.717, 1.165) is 45.6 Å². The highest BCUT2D eigenvalue weighted by atomic mass is 32.1. The average Bonchev–Trinajstić information content (AvgIpc) is 3.35. The molecule has 7 rings (SSSR count). The molecule has 2 aliphatic carbocycles. The van der Waals surface area contributed by atoms with Crippen LogP contribution in [0.2, 0.25) is 0 Å². The number of benzene rings is 2. The number of allylic oxidation sites excluding steroid dienone is 6. The Labute approximate surface area is 249 Å². The van der Waals surface area contributed by atoms with Crippen LogP contribution in [0.4, 0.5) is 5.69 Å². The molecule has 3 nitrogen and oxygen atoms in total. The average molecular weight is 560 g/mol. The van der Waals surface area contributed by atoms with Crippen molar-refractivity contribution in [2.75, 3.05) is 18.0 Å². The number of hydrogen-bond acceptors (Lipinski definition) is 4. The van der Waals surface area contributed by atoms with Gasteiger partial charge in [-0.3, -0.25) is 0 Å². The van der Waals surface area contributed by atoms with E-state index in [1.54, 1.807) is 11.3 Å². The van der Waals surface area contributed by atoms with Crippen LogP contribution in [0.5, 0.6) is 0 Å². The first-order valence-electron chi connectivity index (χ1n) is 15.3. The molecule has 3 heterocycles. The fraction of sp³-hybridized carbons (Fsp3) is 0.459. The van der Waals surface area contributed by atoms with E-state index < -0.39 is 0 Å². The molecule has 2 aromatic carbocycles. The van der Waals surface area contributed by atoms with Crippen molar-refractivity contribution in [2.24, 2.45) is 11.3 Å². The van der Waals surface area contributed by atoms with Crippen LogP contribution in [-0.4, -0.2) is 18.1 Å². The molecule has 0 fully saturated rings. The summed E-state index contributed by atoms with van der Waals surface area (Å²) in [6, 6.07) is 15.8. The Morgan fingerprint density at radius 2 is 1.66 bits per heavy atom.